The molecule has 4 N–H and O–H groups in total. The van der Waals surface area contributed by atoms with E-state index in [1.807, 2.05) is 0 Å². The highest BCUT2D eigenvalue weighted by molar-refractivity contribution is 5.89. The Kier molecular flexibility index (Phi) is 15.9. The number of aromatic carboxylic acids is 1. The van der Waals surface area contributed by atoms with Crippen LogP contribution >= 0.6 is 0 Å². The van der Waals surface area contributed by atoms with Crippen molar-refractivity contribution < 1.29 is 52.7 Å². The van der Waals surface area contributed by atoms with E-state index in [2.05, 4.69) is 35.7 Å². The van der Waals surface area contributed by atoms with Gasteiger partial charge < -0.3 is 49.5 Å². The highest BCUT2D eigenvalue weighted by Gasteiger charge is 2.19. The SMILES string of the molecule is C=CCOC(=O)NCCOc1cc(C(=O)O)cc(OCCNC(=O)OCC=C)c1OCCNC(=O)OCC=C. The van der Waals surface area contributed by atoms with Crippen molar-refractivity contribution in [2.75, 3.05) is 59.3 Å². The van der Waals surface area contributed by atoms with E-state index in [9.17, 15) is 24.3 Å². The maximum atomic E-state index is 11.7. The van der Waals surface area contributed by atoms with Crippen LogP contribution in [0.3, 0.4) is 0 Å². The molecule has 1 aromatic carbocycles. The van der Waals surface area contributed by atoms with Crippen LogP contribution < -0.4 is 30.2 Å². The summed E-state index contributed by atoms with van der Waals surface area (Å²) in [5, 5.41) is 16.9. The second-order valence-electron chi connectivity index (χ2n) is 7.09. The second-order valence-corrected chi connectivity index (χ2v) is 7.09. The second kappa shape index (κ2) is 19.3. The van der Waals surface area contributed by atoms with Crippen LogP contribution in [0.2, 0.25) is 0 Å². The first-order valence-corrected chi connectivity index (χ1v) is 11.7. The van der Waals surface area contributed by atoms with Gasteiger partial charge in [-0.2, -0.15) is 0 Å². The Balaban J connectivity index is 2.96. The lowest BCUT2D eigenvalue weighted by molar-refractivity contribution is 0.0695. The smallest absolute Gasteiger partial charge is 0.407 e. The van der Waals surface area contributed by atoms with Crippen molar-refractivity contribution in [1.29, 1.82) is 0 Å². The molecule has 0 aliphatic carbocycles. The maximum absolute atomic E-state index is 11.7. The lowest BCUT2D eigenvalue weighted by Crippen LogP contribution is -2.30. The number of ether oxygens (including phenoxy) is 6. The van der Waals surface area contributed by atoms with E-state index in [0.29, 0.717) is 0 Å². The third-order valence-electron chi connectivity index (χ3n) is 4.14. The normalized spacial score (nSPS) is 9.74. The molecule has 3 amide bonds. The molecular formula is C25H33N3O11. The van der Waals surface area contributed by atoms with Gasteiger partial charge in [-0.1, -0.05) is 38.0 Å². The van der Waals surface area contributed by atoms with Crippen molar-refractivity contribution in [3.8, 4) is 17.2 Å². The Bertz CT molecular complexity index is 944. The summed E-state index contributed by atoms with van der Waals surface area (Å²) in [4.78, 5) is 46.4. The summed E-state index contributed by atoms with van der Waals surface area (Å²) in [5.74, 6) is -1.23. The zero-order valence-electron chi connectivity index (χ0n) is 21.4. The highest BCUT2D eigenvalue weighted by Crippen LogP contribution is 2.39. The number of nitrogens with one attached hydrogen (secondary N) is 3. The fourth-order valence-electron chi connectivity index (χ4n) is 2.55. The molecule has 1 rings (SSSR count). The third-order valence-corrected chi connectivity index (χ3v) is 4.14. The molecule has 0 aliphatic rings. The molecule has 14 nitrogen and oxygen atoms in total. The van der Waals surface area contributed by atoms with Crippen LogP contribution in [0.5, 0.6) is 17.2 Å². The van der Waals surface area contributed by atoms with Gasteiger partial charge in [0, 0.05) is 0 Å². The van der Waals surface area contributed by atoms with Crippen LogP contribution in [0.25, 0.3) is 0 Å². The molecule has 0 aliphatic heterocycles. The van der Waals surface area contributed by atoms with E-state index in [4.69, 9.17) is 28.4 Å². The first-order valence-electron chi connectivity index (χ1n) is 11.7. The fraction of sp³-hybridized carbons (Fsp3) is 0.360. The Hall–Kier alpha value is -4.88. The number of alkyl carbamates (subject to hydrolysis) is 3. The van der Waals surface area contributed by atoms with Gasteiger partial charge >= 0.3 is 24.2 Å². The van der Waals surface area contributed by atoms with E-state index in [0.717, 1.165) is 0 Å². The lowest BCUT2D eigenvalue weighted by Gasteiger charge is -2.18. The largest absolute Gasteiger partial charge is 0.488 e. The van der Waals surface area contributed by atoms with Crippen LogP contribution in [0.1, 0.15) is 10.4 Å². The quantitative estimate of drug-likeness (QED) is 0.112. The Morgan fingerprint density at radius 1 is 0.667 bits per heavy atom. The van der Waals surface area contributed by atoms with Gasteiger partial charge in [0.15, 0.2) is 11.5 Å². The van der Waals surface area contributed by atoms with Crippen LogP contribution in [-0.4, -0.2) is 88.6 Å². The summed E-state index contributed by atoms with van der Waals surface area (Å²) in [7, 11) is 0. The number of carboxylic acid groups (broad SMARTS) is 1. The van der Waals surface area contributed by atoms with Crippen molar-refractivity contribution in [2.45, 2.75) is 0 Å². The van der Waals surface area contributed by atoms with Gasteiger partial charge in [0.25, 0.3) is 0 Å². The molecular weight excluding hydrogens is 518 g/mol. The zero-order valence-corrected chi connectivity index (χ0v) is 21.4. The van der Waals surface area contributed by atoms with E-state index >= 15 is 0 Å². The number of carbonyl (C=O) groups excluding carboxylic acids is 3. The van der Waals surface area contributed by atoms with Gasteiger partial charge in [-0.25, -0.2) is 19.2 Å². The van der Waals surface area contributed by atoms with Gasteiger partial charge in [0.1, 0.15) is 39.6 Å². The molecule has 0 fully saturated rings. The first-order chi connectivity index (χ1) is 18.8. The molecule has 14 heteroatoms. The zero-order chi connectivity index (χ0) is 28.9. The number of carbonyl (C=O) groups is 4. The Morgan fingerprint density at radius 3 is 1.36 bits per heavy atom. The van der Waals surface area contributed by atoms with Crippen LogP contribution in [0, 0.1) is 0 Å². The van der Waals surface area contributed by atoms with Crippen LogP contribution in [0.15, 0.2) is 50.1 Å². The van der Waals surface area contributed by atoms with E-state index in [1.54, 1.807) is 0 Å². The fourth-order valence-corrected chi connectivity index (χ4v) is 2.55. The molecule has 0 bridgehead atoms. The number of benzene rings is 1. The molecule has 0 atom stereocenters. The molecule has 0 saturated heterocycles. The summed E-state index contributed by atoms with van der Waals surface area (Å²) in [5.41, 5.74) is -0.171. The average molecular weight is 552 g/mol. The lowest BCUT2D eigenvalue weighted by atomic mass is 10.2. The minimum Gasteiger partial charge on any atom is -0.488 e. The number of amides is 3. The van der Waals surface area contributed by atoms with E-state index in [1.165, 1.54) is 30.4 Å². The maximum Gasteiger partial charge on any atom is 0.407 e. The molecule has 0 radical (unpaired) electrons. The Morgan fingerprint density at radius 2 is 1.03 bits per heavy atom. The van der Waals surface area contributed by atoms with Gasteiger partial charge in [-0.3, -0.25) is 0 Å². The molecule has 0 aromatic heterocycles. The molecule has 0 spiro atoms. The van der Waals surface area contributed by atoms with Crippen molar-refractivity contribution in [3.05, 3.63) is 55.7 Å². The van der Waals surface area contributed by atoms with E-state index in [-0.39, 0.29) is 82.1 Å². The summed E-state index contributed by atoms with van der Waals surface area (Å²) in [6, 6.07) is 2.44. The highest BCUT2D eigenvalue weighted by atomic mass is 16.6. The topological polar surface area (TPSA) is 180 Å². The van der Waals surface area contributed by atoms with Gasteiger partial charge in [-0.05, 0) is 12.1 Å². The molecule has 0 heterocycles. The number of carboxylic acids is 1. The minimum absolute atomic E-state index is 0.00116. The van der Waals surface area contributed by atoms with Crippen LogP contribution in [0.4, 0.5) is 14.4 Å². The first kappa shape index (κ1) is 32.1. The standard InChI is InChI=1S/C25H33N3O11/c1-4-10-37-23(31)26-7-13-34-19-16-18(22(29)30)17-20(35-14-8-27-24(32)38-11-5-2)21(19)36-15-9-28-25(33)39-12-6-3/h4-6,16-17H,1-3,7-15H2,(H,26,31)(H,27,32)(H,28,33)(H,29,30). The number of hydrogen-bond acceptors (Lipinski definition) is 10. The molecule has 0 unspecified atom stereocenters. The summed E-state index contributed by atoms with van der Waals surface area (Å²) in [6.45, 7) is 10.3. The molecule has 39 heavy (non-hydrogen) atoms. The van der Waals surface area contributed by atoms with Crippen molar-refractivity contribution in [1.82, 2.24) is 16.0 Å². The summed E-state index contributed by atoms with van der Waals surface area (Å²) in [6.07, 6.45) is 2.17. The van der Waals surface area contributed by atoms with Crippen molar-refractivity contribution in [3.63, 3.8) is 0 Å². The number of rotatable bonds is 19. The molecule has 214 valence electrons. The van der Waals surface area contributed by atoms with Gasteiger partial charge in [0.05, 0.1) is 25.2 Å². The monoisotopic (exact) mass is 551 g/mol. The summed E-state index contributed by atoms with van der Waals surface area (Å²) < 4.78 is 31.5. The average Bonchev–Trinajstić information content (AvgIpc) is 2.92. The minimum atomic E-state index is -1.26. The van der Waals surface area contributed by atoms with Gasteiger partial charge in [0.2, 0.25) is 5.75 Å². The van der Waals surface area contributed by atoms with Crippen molar-refractivity contribution >= 4 is 24.2 Å². The predicted molar refractivity (Wildman–Crippen MR) is 139 cm³/mol. The third kappa shape index (κ3) is 13.9. The summed E-state index contributed by atoms with van der Waals surface area (Å²) >= 11 is 0. The van der Waals surface area contributed by atoms with Crippen molar-refractivity contribution in [2.24, 2.45) is 0 Å². The molecule has 0 saturated carbocycles. The van der Waals surface area contributed by atoms with Gasteiger partial charge in [-0.15, -0.1) is 0 Å². The predicted octanol–water partition coefficient (Wildman–Crippen LogP) is 2.26. The van der Waals surface area contributed by atoms with Crippen LogP contribution in [-0.2, 0) is 14.2 Å². The Labute approximate surface area is 225 Å². The number of hydrogen-bond donors (Lipinski definition) is 4. The van der Waals surface area contributed by atoms with E-state index < -0.39 is 24.2 Å². The molecule has 1 aromatic rings.